The van der Waals surface area contributed by atoms with Crippen molar-refractivity contribution in [3.05, 3.63) is 59.7 Å². The van der Waals surface area contributed by atoms with Crippen molar-refractivity contribution in [3.63, 3.8) is 0 Å². The smallest absolute Gasteiger partial charge is 0.338 e. The molecule has 9 heteroatoms. The number of fused-ring (bicyclic) bond motifs is 1. The van der Waals surface area contributed by atoms with Gasteiger partial charge in [0.25, 0.3) is 10.0 Å². The van der Waals surface area contributed by atoms with Crippen LogP contribution in [0.25, 0.3) is 0 Å². The molecule has 32 heavy (non-hydrogen) atoms. The molecule has 1 atom stereocenters. The largest absolute Gasteiger partial charge is 0.462 e. The number of amides is 1. The van der Waals surface area contributed by atoms with E-state index in [0.717, 1.165) is 19.3 Å². The predicted octanol–water partition coefficient (Wildman–Crippen LogP) is 3.20. The summed E-state index contributed by atoms with van der Waals surface area (Å²) < 4.78 is 34.0. The number of anilines is 1. The Kier molecular flexibility index (Phi) is 6.27. The molecule has 1 saturated heterocycles. The topological polar surface area (TPSA) is 105 Å². The van der Waals surface area contributed by atoms with Crippen molar-refractivity contribution in [3.8, 4) is 0 Å². The summed E-state index contributed by atoms with van der Waals surface area (Å²) in [6.07, 6.45) is 3.10. The Morgan fingerprint density at radius 3 is 2.66 bits per heavy atom. The van der Waals surface area contributed by atoms with Crippen LogP contribution in [0.3, 0.4) is 0 Å². The molecular formula is C23H25N3O5S. The second-order valence-corrected chi connectivity index (χ2v) is 9.37. The van der Waals surface area contributed by atoms with E-state index in [-0.39, 0.29) is 10.8 Å². The van der Waals surface area contributed by atoms with Gasteiger partial charge in [-0.15, -0.1) is 4.40 Å². The molecule has 0 unspecified atom stereocenters. The standard InChI is InChI=1S/C23H25N3O5S/c1-2-3-15-31-23(28)16-10-12-17(13-11-16)24-22(27)19-8-6-14-26(19)21-18-7-4-5-9-20(18)32(29,30)25-21/h4-5,7,9-13,19H,2-3,6,8,14-15H2,1H3,(H,24,27)/t19-/m0/s1. The van der Waals surface area contributed by atoms with E-state index >= 15 is 0 Å². The fourth-order valence-electron chi connectivity index (χ4n) is 3.90. The SMILES string of the molecule is CCCCOC(=O)c1ccc(NC(=O)[C@@H]2CCCN2C2=NS(=O)(=O)c3ccccc32)cc1. The van der Waals surface area contributed by atoms with Crippen LogP contribution in [-0.4, -0.2) is 50.2 Å². The molecule has 8 nitrogen and oxygen atoms in total. The molecule has 0 aliphatic carbocycles. The molecule has 4 rings (SSSR count). The van der Waals surface area contributed by atoms with Crippen molar-refractivity contribution >= 4 is 33.4 Å². The highest BCUT2D eigenvalue weighted by molar-refractivity contribution is 7.90. The third-order valence-electron chi connectivity index (χ3n) is 5.56. The van der Waals surface area contributed by atoms with Gasteiger partial charge in [0.15, 0.2) is 5.84 Å². The minimum absolute atomic E-state index is 0.169. The van der Waals surface area contributed by atoms with E-state index in [1.165, 1.54) is 6.07 Å². The summed E-state index contributed by atoms with van der Waals surface area (Å²) in [6, 6.07) is 12.7. The molecule has 2 aromatic rings. The zero-order valence-corrected chi connectivity index (χ0v) is 18.6. The van der Waals surface area contributed by atoms with Crippen molar-refractivity contribution in [1.82, 2.24) is 4.90 Å². The molecule has 1 N–H and O–H groups in total. The monoisotopic (exact) mass is 455 g/mol. The number of carbonyl (C=O) groups is 2. The predicted molar refractivity (Wildman–Crippen MR) is 120 cm³/mol. The van der Waals surface area contributed by atoms with Gasteiger partial charge < -0.3 is 15.0 Å². The van der Waals surface area contributed by atoms with Crippen LogP contribution in [0.1, 0.15) is 48.5 Å². The average Bonchev–Trinajstić information content (AvgIpc) is 3.37. The number of benzene rings is 2. The lowest BCUT2D eigenvalue weighted by Gasteiger charge is -2.25. The summed E-state index contributed by atoms with van der Waals surface area (Å²) in [6.45, 7) is 2.95. The first kappa shape index (κ1) is 22.0. The number of sulfonamides is 1. The maximum atomic E-state index is 13.0. The van der Waals surface area contributed by atoms with Gasteiger partial charge in [-0.25, -0.2) is 4.79 Å². The Labute approximate surface area is 187 Å². The van der Waals surface area contributed by atoms with E-state index in [1.807, 2.05) is 6.92 Å². The summed E-state index contributed by atoms with van der Waals surface area (Å²) in [5.74, 6) is -0.314. The second-order valence-electron chi connectivity index (χ2n) is 7.79. The number of ether oxygens (including phenoxy) is 1. The Bertz CT molecular complexity index is 1160. The van der Waals surface area contributed by atoms with Gasteiger partial charge in [0.1, 0.15) is 10.9 Å². The van der Waals surface area contributed by atoms with Crippen molar-refractivity contribution in [2.45, 2.75) is 43.5 Å². The van der Waals surface area contributed by atoms with E-state index in [2.05, 4.69) is 9.71 Å². The molecule has 2 aromatic carbocycles. The zero-order chi connectivity index (χ0) is 22.7. The maximum Gasteiger partial charge on any atom is 0.338 e. The molecule has 0 spiro atoms. The Morgan fingerprint density at radius 2 is 1.91 bits per heavy atom. The highest BCUT2D eigenvalue weighted by Crippen LogP contribution is 2.31. The van der Waals surface area contributed by atoms with E-state index in [0.29, 0.717) is 42.2 Å². The van der Waals surface area contributed by atoms with Gasteiger partial charge in [0.2, 0.25) is 5.91 Å². The second kappa shape index (κ2) is 9.12. The number of nitrogens with zero attached hydrogens (tertiary/aromatic N) is 2. The minimum Gasteiger partial charge on any atom is -0.462 e. The van der Waals surface area contributed by atoms with Crippen LogP contribution in [0.2, 0.25) is 0 Å². The summed E-state index contributed by atoms with van der Waals surface area (Å²) in [5.41, 5.74) is 1.50. The fourth-order valence-corrected chi connectivity index (χ4v) is 5.11. The number of hydrogen-bond donors (Lipinski definition) is 1. The van der Waals surface area contributed by atoms with Gasteiger partial charge in [-0.1, -0.05) is 25.5 Å². The van der Waals surface area contributed by atoms with Gasteiger partial charge in [-0.3, -0.25) is 4.79 Å². The summed E-state index contributed by atoms with van der Waals surface area (Å²) in [5, 5.41) is 2.86. The average molecular weight is 456 g/mol. The number of nitrogens with one attached hydrogen (secondary N) is 1. The number of rotatable bonds is 6. The van der Waals surface area contributed by atoms with Gasteiger partial charge in [-0.2, -0.15) is 8.42 Å². The van der Waals surface area contributed by atoms with Crippen LogP contribution < -0.4 is 5.32 Å². The molecule has 1 fully saturated rings. The molecule has 1 amide bonds. The number of hydrogen-bond acceptors (Lipinski definition) is 6. The van der Waals surface area contributed by atoms with Crippen LogP contribution in [0.15, 0.2) is 57.8 Å². The molecule has 2 heterocycles. The number of esters is 1. The van der Waals surface area contributed by atoms with Crippen molar-refractivity contribution in [1.29, 1.82) is 0 Å². The first-order valence-corrected chi connectivity index (χ1v) is 12.1. The van der Waals surface area contributed by atoms with Crippen molar-refractivity contribution in [2.75, 3.05) is 18.5 Å². The summed E-state index contributed by atoms with van der Waals surface area (Å²) in [7, 11) is -3.75. The van der Waals surface area contributed by atoms with Crippen LogP contribution in [0.4, 0.5) is 5.69 Å². The molecule has 2 aliphatic rings. The summed E-state index contributed by atoms with van der Waals surface area (Å²) in [4.78, 5) is 27.0. The fraction of sp³-hybridized carbons (Fsp3) is 0.348. The molecule has 0 saturated carbocycles. The van der Waals surface area contributed by atoms with Gasteiger partial charge in [0.05, 0.1) is 12.2 Å². The van der Waals surface area contributed by atoms with E-state index in [1.54, 1.807) is 47.4 Å². The maximum absolute atomic E-state index is 13.0. The number of unbranched alkanes of at least 4 members (excludes halogenated alkanes) is 1. The van der Waals surface area contributed by atoms with Crippen molar-refractivity contribution < 1.29 is 22.7 Å². The van der Waals surface area contributed by atoms with Crippen LogP contribution in [0.5, 0.6) is 0 Å². The first-order valence-electron chi connectivity index (χ1n) is 10.7. The Morgan fingerprint density at radius 1 is 1.16 bits per heavy atom. The van der Waals surface area contributed by atoms with Crippen molar-refractivity contribution in [2.24, 2.45) is 4.40 Å². The molecule has 0 radical (unpaired) electrons. The molecule has 168 valence electrons. The number of likely N-dealkylation sites (tertiary alicyclic amines) is 1. The molecular weight excluding hydrogens is 430 g/mol. The highest BCUT2D eigenvalue weighted by atomic mass is 32.2. The molecule has 0 aromatic heterocycles. The zero-order valence-electron chi connectivity index (χ0n) is 17.8. The third-order valence-corrected chi connectivity index (χ3v) is 6.88. The lowest BCUT2D eigenvalue weighted by Crippen LogP contribution is -2.43. The van der Waals surface area contributed by atoms with Crippen LogP contribution in [-0.2, 0) is 19.6 Å². The normalized spacial score (nSPS) is 18.7. The molecule has 2 aliphatic heterocycles. The van der Waals surface area contributed by atoms with Crippen LogP contribution >= 0.6 is 0 Å². The lowest BCUT2D eigenvalue weighted by atomic mass is 10.1. The lowest BCUT2D eigenvalue weighted by molar-refractivity contribution is -0.119. The third kappa shape index (κ3) is 4.38. The highest BCUT2D eigenvalue weighted by Gasteiger charge is 2.39. The first-order chi connectivity index (χ1) is 15.4. The Balaban J connectivity index is 1.45. The van der Waals surface area contributed by atoms with Gasteiger partial charge in [-0.05, 0) is 55.7 Å². The van der Waals surface area contributed by atoms with Gasteiger partial charge in [0, 0.05) is 17.8 Å². The minimum atomic E-state index is -3.75. The summed E-state index contributed by atoms with van der Waals surface area (Å²) >= 11 is 0. The van der Waals surface area contributed by atoms with E-state index in [4.69, 9.17) is 4.74 Å². The van der Waals surface area contributed by atoms with E-state index < -0.39 is 22.0 Å². The molecule has 0 bridgehead atoms. The Hall–Kier alpha value is -3.20. The number of amidine groups is 1. The number of carbonyl (C=O) groups excluding carboxylic acids is 2. The quantitative estimate of drug-likeness (QED) is 0.530. The van der Waals surface area contributed by atoms with Crippen LogP contribution in [0, 0.1) is 0 Å². The van der Waals surface area contributed by atoms with E-state index in [9.17, 15) is 18.0 Å². The van der Waals surface area contributed by atoms with Gasteiger partial charge >= 0.3 is 5.97 Å².